The Labute approximate surface area is 157 Å². The molecule has 0 unspecified atom stereocenters. The van der Waals surface area contributed by atoms with Gasteiger partial charge in [-0.1, -0.05) is 18.2 Å². The van der Waals surface area contributed by atoms with E-state index in [0.29, 0.717) is 17.9 Å². The van der Waals surface area contributed by atoms with E-state index in [0.717, 1.165) is 18.9 Å². The van der Waals surface area contributed by atoms with Crippen LogP contribution in [0.15, 0.2) is 53.5 Å². The smallest absolute Gasteiger partial charge is 0.270 e. The fourth-order valence-corrected chi connectivity index (χ4v) is 2.79. The molecular formula is C19H21N5O3. The molecule has 27 heavy (non-hydrogen) atoms. The zero-order valence-electron chi connectivity index (χ0n) is 15.3. The molecule has 1 heterocycles. The average Bonchev–Trinajstić information content (AvgIpc) is 2.65. The molecule has 0 bridgehead atoms. The summed E-state index contributed by atoms with van der Waals surface area (Å²) in [6.07, 6.45) is 0. The number of nitrogens with zero attached hydrogens (tertiary/aromatic N) is 4. The zero-order valence-corrected chi connectivity index (χ0v) is 15.3. The van der Waals surface area contributed by atoms with Crippen LogP contribution in [0.4, 0.5) is 17.1 Å². The summed E-state index contributed by atoms with van der Waals surface area (Å²) < 4.78 is 0. The predicted molar refractivity (Wildman–Crippen MR) is 105 cm³/mol. The van der Waals surface area contributed by atoms with E-state index in [1.54, 1.807) is 24.3 Å². The molecule has 0 spiro atoms. The fourth-order valence-electron chi connectivity index (χ4n) is 2.79. The molecule has 2 aromatic rings. The lowest BCUT2D eigenvalue weighted by Crippen LogP contribution is -2.46. The number of rotatable bonds is 4. The SMILES string of the molecule is CN1CCN(C)/C(=N\c2ccc([N+](=O)[O-])cc2C(=O)Nc2ccccc2)C1. The number of hydrogen-bond acceptors (Lipinski definition) is 5. The second kappa shape index (κ2) is 7.96. The Kier molecular flexibility index (Phi) is 5.46. The number of nitro groups is 1. The summed E-state index contributed by atoms with van der Waals surface area (Å²) in [6, 6.07) is 13.1. The number of carbonyl (C=O) groups is 1. The highest BCUT2D eigenvalue weighted by molar-refractivity contribution is 6.08. The third-order valence-electron chi connectivity index (χ3n) is 4.39. The second-order valence-electron chi connectivity index (χ2n) is 6.47. The van der Waals surface area contributed by atoms with Crippen molar-refractivity contribution < 1.29 is 9.72 Å². The number of para-hydroxylation sites is 1. The molecular weight excluding hydrogens is 346 g/mol. The Morgan fingerprint density at radius 2 is 1.89 bits per heavy atom. The number of non-ortho nitro benzene ring substituents is 1. The molecule has 0 aliphatic carbocycles. The Balaban J connectivity index is 1.98. The van der Waals surface area contributed by atoms with E-state index in [-0.39, 0.29) is 11.3 Å². The van der Waals surface area contributed by atoms with Gasteiger partial charge in [0.05, 0.1) is 22.7 Å². The van der Waals surface area contributed by atoms with Gasteiger partial charge in [-0.2, -0.15) is 0 Å². The first-order valence-corrected chi connectivity index (χ1v) is 8.56. The molecule has 0 atom stereocenters. The van der Waals surface area contributed by atoms with Crippen molar-refractivity contribution in [3.05, 3.63) is 64.2 Å². The Morgan fingerprint density at radius 3 is 2.59 bits per heavy atom. The predicted octanol–water partition coefficient (Wildman–Crippen LogP) is 2.75. The summed E-state index contributed by atoms with van der Waals surface area (Å²) in [4.78, 5) is 32.2. The first kappa shape index (κ1) is 18.5. The minimum atomic E-state index is -0.517. The van der Waals surface area contributed by atoms with E-state index in [4.69, 9.17) is 0 Å². The van der Waals surface area contributed by atoms with Gasteiger partial charge in [0.2, 0.25) is 0 Å². The highest BCUT2D eigenvalue weighted by atomic mass is 16.6. The highest BCUT2D eigenvalue weighted by Crippen LogP contribution is 2.26. The first-order valence-electron chi connectivity index (χ1n) is 8.56. The number of amidine groups is 1. The number of likely N-dealkylation sites (N-methyl/N-ethyl adjacent to an activating group) is 2. The number of anilines is 1. The van der Waals surface area contributed by atoms with Crippen molar-refractivity contribution in [1.29, 1.82) is 0 Å². The molecule has 8 nitrogen and oxygen atoms in total. The minimum absolute atomic E-state index is 0.147. The monoisotopic (exact) mass is 367 g/mol. The lowest BCUT2D eigenvalue weighted by Gasteiger charge is -2.32. The van der Waals surface area contributed by atoms with Crippen LogP contribution in [0.2, 0.25) is 0 Å². The number of nitro benzene ring substituents is 1. The lowest BCUT2D eigenvalue weighted by molar-refractivity contribution is -0.384. The van der Waals surface area contributed by atoms with E-state index >= 15 is 0 Å². The van der Waals surface area contributed by atoms with Gasteiger partial charge in [0.25, 0.3) is 11.6 Å². The number of carbonyl (C=O) groups excluding carboxylic acids is 1. The average molecular weight is 367 g/mol. The number of amides is 1. The van der Waals surface area contributed by atoms with Crippen molar-refractivity contribution in [2.45, 2.75) is 0 Å². The molecule has 1 amide bonds. The van der Waals surface area contributed by atoms with Crippen molar-refractivity contribution >= 4 is 28.8 Å². The second-order valence-corrected chi connectivity index (χ2v) is 6.47. The fraction of sp³-hybridized carbons (Fsp3) is 0.263. The van der Waals surface area contributed by atoms with Crippen LogP contribution in [-0.2, 0) is 0 Å². The topological polar surface area (TPSA) is 91.1 Å². The van der Waals surface area contributed by atoms with Crippen LogP contribution in [0, 0.1) is 10.1 Å². The van der Waals surface area contributed by atoms with Crippen LogP contribution in [0.25, 0.3) is 0 Å². The molecule has 0 saturated carbocycles. The van der Waals surface area contributed by atoms with Crippen LogP contribution in [-0.4, -0.2) is 60.2 Å². The van der Waals surface area contributed by atoms with E-state index in [1.807, 2.05) is 25.1 Å². The molecule has 1 fully saturated rings. The number of hydrogen-bond donors (Lipinski definition) is 1. The van der Waals surface area contributed by atoms with Gasteiger partial charge < -0.3 is 10.2 Å². The van der Waals surface area contributed by atoms with Gasteiger partial charge in [0.15, 0.2) is 0 Å². The van der Waals surface area contributed by atoms with Crippen LogP contribution >= 0.6 is 0 Å². The van der Waals surface area contributed by atoms with Gasteiger partial charge in [-0.15, -0.1) is 0 Å². The number of nitrogens with one attached hydrogen (secondary N) is 1. The summed E-state index contributed by atoms with van der Waals surface area (Å²) in [5, 5.41) is 13.9. The molecule has 0 radical (unpaired) electrons. The highest BCUT2D eigenvalue weighted by Gasteiger charge is 2.20. The van der Waals surface area contributed by atoms with Crippen molar-refractivity contribution in [1.82, 2.24) is 9.80 Å². The van der Waals surface area contributed by atoms with Gasteiger partial charge in [0, 0.05) is 38.0 Å². The molecule has 1 N–H and O–H groups in total. The number of piperazine rings is 1. The molecule has 1 aliphatic rings. The Hall–Kier alpha value is -3.26. The summed E-state index contributed by atoms with van der Waals surface area (Å²) in [7, 11) is 3.95. The van der Waals surface area contributed by atoms with Crippen molar-refractivity contribution in [3.63, 3.8) is 0 Å². The van der Waals surface area contributed by atoms with Gasteiger partial charge in [-0.3, -0.25) is 19.8 Å². The van der Waals surface area contributed by atoms with Gasteiger partial charge in [-0.05, 0) is 25.2 Å². The molecule has 140 valence electrons. The van der Waals surface area contributed by atoms with Crippen LogP contribution in [0.3, 0.4) is 0 Å². The molecule has 1 aliphatic heterocycles. The van der Waals surface area contributed by atoms with Gasteiger partial charge >= 0.3 is 0 Å². The zero-order chi connectivity index (χ0) is 19.4. The van der Waals surface area contributed by atoms with Crippen LogP contribution in [0.1, 0.15) is 10.4 Å². The normalized spacial score (nSPS) is 16.4. The molecule has 8 heteroatoms. The molecule has 3 rings (SSSR count). The summed E-state index contributed by atoms with van der Waals surface area (Å²) >= 11 is 0. The van der Waals surface area contributed by atoms with Crippen LogP contribution in [0.5, 0.6) is 0 Å². The van der Waals surface area contributed by atoms with Crippen molar-refractivity contribution in [2.24, 2.45) is 4.99 Å². The number of aliphatic imine (C=N–C) groups is 1. The van der Waals surface area contributed by atoms with E-state index in [1.165, 1.54) is 18.2 Å². The third kappa shape index (κ3) is 4.48. The first-order chi connectivity index (χ1) is 12.9. The maximum absolute atomic E-state index is 12.8. The van der Waals surface area contributed by atoms with Crippen molar-refractivity contribution in [2.75, 3.05) is 39.0 Å². The molecule has 0 aromatic heterocycles. The minimum Gasteiger partial charge on any atom is -0.361 e. The summed E-state index contributed by atoms with van der Waals surface area (Å²) in [5.41, 5.74) is 1.04. The largest absolute Gasteiger partial charge is 0.361 e. The maximum atomic E-state index is 12.8. The third-order valence-corrected chi connectivity index (χ3v) is 4.39. The van der Waals surface area contributed by atoms with E-state index in [2.05, 4.69) is 15.2 Å². The number of benzene rings is 2. The van der Waals surface area contributed by atoms with E-state index in [9.17, 15) is 14.9 Å². The maximum Gasteiger partial charge on any atom is 0.270 e. The van der Waals surface area contributed by atoms with Gasteiger partial charge in [-0.25, -0.2) is 4.99 Å². The standard InChI is InChI=1S/C19H21N5O3/c1-22-10-11-23(2)18(13-22)21-17-9-8-15(24(26)27)12-16(17)19(25)20-14-6-4-3-5-7-14/h3-9,12H,10-11,13H2,1-2H3,(H,20,25)/b21-18-. The Morgan fingerprint density at radius 1 is 1.15 bits per heavy atom. The van der Waals surface area contributed by atoms with E-state index < -0.39 is 10.8 Å². The van der Waals surface area contributed by atoms with Gasteiger partial charge in [0.1, 0.15) is 5.84 Å². The van der Waals surface area contributed by atoms with Crippen LogP contribution < -0.4 is 5.32 Å². The Bertz CT molecular complexity index is 882. The van der Waals surface area contributed by atoms with Crippen molar-refractivity contribution in [3.8, 4) is 0 Å². The lowest BCUT2D eigenvalue weighted by atomic mass is 10.1. The molecule has 1 saturated heterocycles. The summed E-state index contributed by atoms with van der Waals surface area (Å²) in [6.45, 7) is 2.40. The molecule has 2 aromatic carbocycles. The quantitative estimate of drug-likeness (QED) is 0.663. The summed E-state index contributed by atoms with van der Waals surface area (Å²) in [5.74, 6) is 0.377.